The summed E-state index contributed by atoms with van der Waals surface area (Å²) in [5.41, 5.74) is 6.33. The minimum Gasteiger partial charge on any atom is -0.340 e. The summed E-state index contributed by atoms with van der Waals surface area (Å²) in [6.07, 6.45) is 11.3. The van der Waals surface area contributed by atoms with Gasteiger partial charge < -0.3 is 10.6 Å². The standard InChI is InChI=1S/C11H14N2S.C3H9N/c1-3-8-13(2)11-12-9-6-4-5-7-10(9)14-11;1-2-3-4/h1H,4-8H2,2H3;2-4H2,1H3. The quantitative estimate of drug-likeness (QED) is 0.854. The highest BCUT2D eigenvalue weighted by atomic mass is 32.1. The van der Waals surface area contributed by atoms with E-state index in [2.05, 4.69) is 17.8 Å². The van der Waals surface area contributed by atoms with Crippen molar-refractivity contribution in [1.82, 2.24) is 4.98 Å². The lowest BCUT2D eigenvalue weighted by Crippen LogP contribution is -2.16. The van der Waals surface area contributed by atoms with E-state index in [1.165, 1.54) is 29.8 Å². The number of hydrogen-bond acceptors (Lipinski definition) is 4. The fourth-order valence-corrected chi connectivity index (χ4v) is 2.81. The van der Waals surface area contributed by atoms with Gasteiger partial charge in [-0.05, 0) is 38.6 Å². The van der Waals surface area contributed by atoms with Gasteiger partial charge in [-0.15, -0.1) is 17.8 Å². The van der Waals surface area contributed by atoms with Crippen molar-refractivity contribution in [3.8, 4) is 12.3 Å². The van der Waals surface area contributed by atoms with Crippen LogP contribution in [-0.4, -0.2) is 25.1 Å². The number of hydrogen-bond donors (Lipinski definition) is 1. The number of terminal acetylenes is 1. The first-order valence-electron chi connectivity index (χ1n) is 6.56. The maximum Gasteiger partial charge on any atom is 0.186 e. The van der Waals surface area contributed by atoms with Gasteiger partial charge in [0.1, 0.15) is 0 Å². The van der Waals surface area contributed by atoms with Gasteiger partial charge >= 0.3 is 0 Å². The van der Waals surface area contributed by atoms with Crippen molar-refractivity contribution in [2.75, 3.05) is 25.0 Å². The molecule has 1 aromatic rings. The van der Waals surface area contributed by atoms with E-state index >= 15 is 0 Å². The predicted molar refractivity (Wildman–Crippen MR) is 80.2 cm³/mol. The smallest absolute Gasteiger partial charge is 0.186 e. The van der Waals surface area contributed by atoms with E-state index < -0.39 is 0 Å². The maximum atomic E-state index is 5.27. The third-order valence-corrected chi connectivity index (χ3v) is 4.05. The first-order chi connectivity index (χ1) is 8.72. The lowest BCUT2D eigenvalue weighted by atomic mass is 10.0. The molecule has 0 amide bonds. The normalized spacial score (nSPS) is 13.0. The molecule has 0 atom stereocenters. The van der Waals surface area contributed by atoms with E-state index in [1.54, 1.807) is 11.3 Å². The Kier molecular flexibility index (Phi) is 6.77. The van der Waals surface area contributed by atoms with Gasteiger partial charge in [-0.1, -0.05) is 12.8 Å². The van der Waals surface area contributed by atoms with Crippen molar-refractivity contribution in [3.05, 3.63) is 10.6 Å². The van der Waals surface area contributed by atoms with Crippen LogP contribution in [0.5, 0.6) is 0 Å². The lowest BCUT2D eigenvalue weighted by Gasteiger charge is -2.10. The molecule has 1 aromatic heterocycles. The van der Waals surface area contributed by atoms with E-state index in [4.69, 9.17) is 12.2 Å². The fraction of sp³-hybridized carbons (Fsp3) is 0.643. The van der Waals surface area contributed by atoms with Crippen LogP contribution in [0.15, 0.2) is 0 Å². The Morgan fingerprint density at radius 3 is 2.67 bits per heavy atom. The Balaban J connectivity index is 0.000000357. The zero-order valence-corrected chi connectivity index (χ0v) is 12.2. The molecule has 1 aliphatic carbocycles. The highest BCUT2D eigenvalue weighted by Gasteiger charge is 2.16. The van der Waals surface area contributed by atoms with Crippen LogP contribution in [0.1, 0.15) is 36.8 Å². The fourth-order valence-electron chi connectivity index (χ4n) is 1.71. The van der Waals surface area contributed by atoms with Crippen molar-refractivity contribution >= 4 is 16.5 Å². The van der Waals surface area contributed by atoms with Gasteiger partial charge in [0.05, 0.1) is 12.2 Å². The molecule has 1 aliphatic rings. The Labute approximate surface area is 114 Å². The van der Waals surface area contributed by atoms with Gasteiger partial charge in [0, 0.05) is 11.9 Å². The second-order valence-corrected chi connectivity index (χ2v) is 5.48. The highest BCUT2D eigenvalue weighted by Crippen LogP contribution is 2.30. The van der Waals surface area contributed by atoms with E-state index in [0.29, 0.717) is 6.54 Å². The average molecular weight is 265 g/mol. The largest absolute Gasteiger partial charge is 0.340 e. The molecule has 100 valence electrons. The van der Waals surface area contributed by atoms with Crippen LogP contribution in [-0.2, 0) is 12.8 Å². The third-order valence-electron chi connectivity index (χ3n) is 2.78. The number of aromatic nitrogens is 1. The maximum absolute atomic E-state index is 5.27. The summed E-state index contributed by atoms with van der Waals surface area (Å²) < 4.78 is 0. The molecule has 0 bridgehead atoms. The van der Waals surface area contributed by atoms with Gasteiger partial charge in [0.15, 0.2) is 5.13 Å². The molecular formula is C14H23N3S. The number of nitrogens with two attached hydrogens (primary N) is 1. The van der Waals surface area contributed by atoms with Gasteiger partial charge in [-0.25, -0.2) is 4.98 Å². The van der Waals surface area contributed by atoms with Crippen LogP contribution in [0, 0.1) is 12.3 Å². The van der Waals surface area contributed by atoms with Crippen molar-refractivity contribution < 1.29 is 0 Å². The number of nitrogens with zero attached hydrogens (tertiary/aromatic N) is 2. The molecule has 0 unspecified atom stereocenters. The molecule has 0 fully saturated rings. The predicted octanol–water partition coefficient (Wildman–Crippen LogP) is 2.45. The van der Waals surface area contributed by atoms with Crippen LogP contribution in [0.25, 0.3) is 0 Å². The molecule has 2 N–H and O–H groups in total. The molecule has 4 heteroatoms. The first kappa shape index (κ1) is 15.0. The lowest BCUT2D eigenvalue weighted by molar-refractivity contribution is 0.682. The first-order valence-corrected chi connectivity index (χ1v) is 7.37. The van der Waals surface area contributed by atoms with E-state index in [-0.39, 0.29) is 0 Å². The van der Waals surface area contributed by atoms with Crippen LogP contribution < -0.4 is 10.6 Å². The van der Waals surface area contributed by atoms with Crippen LogP contribution in [0.3, 0.4) is 0 Å². The number of thiazole rings is 1. The molecule has 18 heavy (non-hydrogen) atoms. The molecule has 0 spiro atoms. The van der Waals surface area contributed by atoms with Gasteiger partial charge in [-0.2, -0.15) is 0 Å². The molecule has 0 radical (unpaired) electrons. The monoisotopic (exact) mass is 265 g/mol. The number of fused-ring (bicyclic) bond motifs is 1. The minimum absolute atomic E-state index is 0.645. The summed E-state index contributed by atoms with van der Waals surface area (Å²) >= 11 is 1.80. The molecule has 3 nitrogen and oxygen atoms in total. The summed E-state index contributed by atoms with van der Waals surface area (Å²) in [7, 11) is 2.00. The molecule has 0 saturated heterocycles. The Morgan fingerprint density at radius 2 is 2.11 bits per heavy atom. The number of aryl methyl sites for hydroxylation is 2. The van der Waals surface area contributed by atoms with Gasteiger partial charge in [-0.3, -0.25) is 0 Å². The second-order valence-electron chi connectivity index (χ2n) is 4.42. The summed E-state index contributed by atoms with van der Waals surface area (Å²) in [4.78, 5) is 8.13. The summed E-state index contributed by atoms with van der Waals surface area (Å²) in [5, 5.41) is 1.08. The summed E-state index contributed by atoms with van der Waals surface area (Å²) in [5.74, 6) is 2.64. The van der Waals surface area contributed by atoms with E-state index in [9.17, 15) is 0 Å². The van der Waals surface area contributed by atoms with E-state index in [0.717, 1.165) is 24.5 Å². The highest BCUT2D eigenvalue weighted by molar-refractivity contribution is 7.15. The van der Waals surface area contributed by atoms with Crippen LogP contribution >= 0.6 is 11.3 Å². The number of anilines is 1. The average Bonchev–Trinajstić information content (AvgIpc) is 2.83. The Morgan fingerprint density at radius 1 is 1.44 bits per heavy atom. The van der Waals surface area contributed by atoms with Crippen molar-refractivity contribution in [1.29, 1.82) is 0 Å². The van der Waals surface area contributed by atoms with Crippen molar-refractivity contribution in [3.63, 3.8) is 0 Å². The molecule has 2 rings (SSSR count). The zero-order valence-electron chi connectivity index (χ0n) is 11.4. The SMILES string of the molecule is C#CCN(C)c1nc2c(s1)CCCC2.CCCN. The molecule has 0 saturated carbocycles. The number of rotatable bonds is 3. The van der Waals surface area contributed by atoms with Crippen LogP contribution in [0.4, 0.5) is 5.13 Å². The Bertz CT molecular complexity index is 367. The van der Waals surface area contributed by atoms with Gasteiger partial charge in [0.25, 0.3) is 0 Å². The van der Waals surface area contributed by atoms with Crippen LogP contribution in [0.2, 0.25) is 0 Å². The van der Waals surface area contributed by atoms with Crippen molar-refractivity contribution in [2.24, 2.45) is 5.73 Å². The summed E-state index contributed by atoms with van der Waals surface area (Å²) in [6.45, 7) is 3.52. The Hall–Kier alpha value is -1.05. The van der Waals surface area contributed by atoms with Crippen molar-refractivity contribution in [2.45, 2.75) is 39.0 Å². The zero-order chi connectivity index (χ0) is 13.4. The molecule has 0 aromatic carbocycles. The van der Waals surface area contributed by atoms with Gasteiger partial charge in [0.2, 0.25) is 0 Å². The minimum atomic E-state index is 0.645. The third kappa shape index (κ3) is 4.32. The molecular weight excluding hydrogens is 242 g/mol. The molecule has 0 aliphatic heterocycles. The topological polar surface area (TPSA) is 42.2 Å². The summed E-state index contributed by atoms with van der Waals surface area (Å²) in [6, 6.07) is 0. The van der Waals surface area contributed by atoms with E-state index in [1.807, 2.05) is 11.9 Å². The molecule has 1 heterocycles. The second kappa shape index (κ2) is 8.12.